The lowest BCUT2D eigenvalue weighted by molar-refractivity contribution is -0.137. The molecule has 0 fully saturated rings. The monoisotopic (exact) mass is 221 g/mol. The van der Waals surface area contributed by atoms with Crippen molar-refractivity contribution in [3.05, 3.63) is 29.8 Å². The van der Waals surface area contributed by atoms with E-state index in [0.29, 0.717) is 12.8 Å². The van der Waals surface area contributed by atoms with Crippen molar-refractivity contribution < 1.29 is 14.7 Å². The molecule has 0 aliphatic rings. The van der Waals surface area contributed by atoms with Crippen LogP contribution in [0.2, 0.25) is 0 Å². The Labute approximate surface area is 94.3 Å². The summed E-state index contributed by atoms with van der Waals surface area (Å²) in [5.74, 6) is -0.832. The summed E-state index contributed by atoms with van der Waals surface area (Å²) in [6.07, 6.45) is 1.08. The minimum atomic E-state index is -0.802. The largest absolute Gasteiger partial charge is 0.481 e. The maximum atomic E-state index is 11.1. The molecular formula is C12H15NO3. The zero-order valence-corrected chi connectivity index (χ0v) is 9.19. The zero-order valence-electron chi connectivity index (χ0n) is 9.19. The van der Waals surface area contributed by atoms with Gasteiger partial charge in [0.15, 0.2) is 0 Å². The Hall–Kier alpha value is -1.84. The first-order valence-electron chi connectivity index (χ1n) is 5.22. The summed E-state index contributed by atoms with van der Waals surface area (Å²) in [5.41, 5.74) is 1.70. The minimum absolute atomic E-state index is 0.0294. The van der Waals surface area contributed by atoms with E-state index in [4.69, 9.17) is 5.11 Å². The minimum Gasteiger partial charge on any atom is -0.481 e. The van der Waals surface area contributed by atoms with Crippen LogP contribution in [0.4, 0.5) is 5.69 Å². The highest BCUT2D eigenvalue weighted by Crippen LogP contribution is 2.11. The van der Waals surface area contributed by atoms with E-state index in [-0.39, 0.29) is 12.3 Å². The molecule has 4 nitrogen and oxygen atoms in total. The summed E-state index contributed by atoms with van der Waals surface area (Å²) in [5, 5.41) is 11.3. The number of carbonyl (C=O) groups is 2. The Morgan fingerprint density at radius 2 is 1.88 bits per heavy atom. The summed E-state index contributed by atoms with van der Waals surface area (Å²) < 4.78 is 0. The summed E-state index contributed by atoms with van der Waals surface area (Å²) >= 11 is 0. The van der Waals surface area contributed by atoms with Crippen LogP contribution >= 0.6 is 0 Å². The SMILES string of the molecule is CCC(=O)Nc1ccc(CCC(=O)O)cc1. The molecule has 2 N–H and O–H groups in total. The van der Waals surface area contributed by atoms with Gasteiger partial charge in [0, 0.05) is 18.5 Å². The molecule has 1 amide bonds. The van der Waals surface area contributed by atoms with Crippen LogP contribution in [0.3, 0.4) is 0 Å². The molecule has 0 spiro atoms. The first-order chi connectivity index (χ1) is 7.61. The third-order valence-corrected chi connectivity index (χ3v) is 2.19. The molecule has 0 bridgehead atoms. The quantitative estimate of drug-likeness (QED) is 0.799. The van der Waals surface area contributed by atoms with Crippen LogP contribution in [0, 0.1) is 0 Å². The van der Waals surface area contributed by atoms with E-state index in [0.717, 1.165) is 11.3 Å². The molecule has 1 aromatic carbocycles. The van der Waals surface area contributed by atoms with E-state index in [1.54, 1.807) is 19.1 Å². The number of hydrogen-bond acceptors (Lipinski definition) is 2. The van der Waals surface area contributed by atoms with Crippen LogP contribution in [0.5, 0.6) is 0 Å². The molecule has 1 aromatic rings. The molecule has 0 aliphatic carbocycles. The zero-order chi connectivity index (χ0) is 12.0. The smallest absolute Gasteiger partial charge is 0.303 e. The predicted molar refractivity (Wildman–Crippen MR) is 61.3 cm³/mol. The summed E-state index contributed by atoms with van der Waals surface area (Å²) in [6, 6.07) is 7.22. The van der Waals surface area contributed by atoms with Crippen molar-refractivity contribution in [3.63, 3.8) is 0 Å². The summed E-state index contributed by atoms with van der Waals surface area (Å²) in [4.78, 5) is 21.5. The molecule has 4 heteroatoms. The first-order valence-corrected chi connectivity index (χ1v) is 5.22. The van der Waals surface area contributed by atoms with Crippen molar-refractivity contribution in [2.24, 2.45) is 0 Å². The Bertz CT molecular complexity index is 370. The number of aryl methyl sites for hydroxylation is 1. The lowest BCUT2D eigenvalue weighted by Crippen LogP contribution is -2.09. The molecule has 16 heavy (non-hydrogen) atoms. The van der Waals surface area contributed by atoms with Crippen LogP contribution in [-0.4, -0.2) is 17.0 Å². The third-order valence-electron chi connectivity index (χ3n) is 2.19. The van der Waals surface area contributed by atoms with Gasteiger partial charge in [-0.3, -0.25) is 9.59 Å². The van der Waals surface area contributed by atoms with Gasteiger partial charge in [-0.2, -0.15) is 0 Å². The number of rotatable bonds is 5. The molecule has 0 radical (unpaired) electrons. The van der Waals surface area contributed by atoms with Gasteiger partial charge in [-0.25, -0.2) is 0 Å². The number of carbonyl (C=O) groups excluding carboxylic acids is 1. The fourth-order valence-electron chi connectivity index (χ4n) is 1.26. The van der Waals surface area contributed by atoms with E-state index in [1.807, 2.05) is 12.1 Å². The number of carboxylic acid groups (broad SMARTS) is 1. The fraction of sp³-hybridized carbons (Fsp3) is 0.333. The van der Waals surface area contributed by atoms with Gasteiger partial charge in [-0.05, 0) is 24.1 Å². The van der Waals surface area contributed by atoms with Crippen molar-refractivity contribution >= 4 is 17.6 Å². The molecule has 1 rings (SSSR count). The van der Waals surface area contributed by atoms with Crippen molar-refractivity contribution in [2.75, 3.05) is 5.32 Å². The molecule has 0 heterocycles. The average molecular weight is 221 g/mol. The normalized spacial score (nSPS) is 9.81. The van der Waals surface area contributed by atoms with E-state index in [1.165, 1.54) is 0 Å². The number of hydrogen-bond donors (Lipinski definition) is 2. The number of anilines is 1. The second-order valence-corrected chi connectivity index (χ2v) is 3.49. The highest BCUT2D eigenvalue weighted by molar-refractivity contribution is 5.90. The van der Waals surface area contributed by atoms with E-state index < -0.39 is 5.97 Å². The summed E-state index contributed by atoms with van der Waals surface area (Å²) in [6.45, 7) is 1.79. The molecule has 0 aliphatic heterocycles. The number of aliphatic carboxylic acids is 1. The number of nitrogens with one attached hydrogen (secondary N) is 1. The van der Waals surface area contributed by atoms with Crippen molar-refractivity contribution in [3.8, 4) is 0 Å². The van der Waals surface area contributed by atoms with Gasteiger partial charge in [-0.15, -0.1) is 0 Å². The van der Waals surface area contributed by atoms with E-state index in [9.17, 15) is 9.59 Å². The fourth-order valence-corrected chi connectivity index (χ4v) is 1.26. The van der Waals surface area contributed by atoms with E-state index >= 15 is 0 Å². The maximum absolute atomic E-state index is 11.1. The van der Waals surface area contributed by atoms with Crippen LogP contribution in [0.15, 0.2) is 24.3 Å². The van der Waals surface area contributed by atoms with Crippen LogP contribution in [-0.2, 0) is 16.0 Å². The van der Waals surface area contributed by atoms with Crippen LogP contribution in [0.25, 0.3) is 0 Å². The molecule has 0 saturated carbocycles. The Balaban J connectivity index is 2.54. The summed E-state index contributed by atoms with van der Waals surface area (Å²) in [7, 11) is 0. The van der Waals surface area contributed by atoms with Gasteiger partial charge in [0.2, 0.25) is 5.91 Å². The van der Waals surface area contributed by atoms with Gasteiger partial charge in [0.25, 0.3) is 0 Å². The topological polar surface area (TPSA) is 66.4 Å². The van der Waals surface area contributed by atoms with E-state index in [2.05, 4.69) is 5.32 Å². The van der Waals surface area contributed by atoms with Crippen LogP contribution in [0.1, 0.15) is 25.3 Å². The highest BCUT2D eigenvalue weighted by atomic mass is 16.4. The maximum Gasteiger partial charge on any atom is 0.303 e. The third kappa shape index (κ3) is 4.13. The molecule has 0 aromatic heterocycles. The molecular weight excluding hydrogens is 206 g/mol. The molecule has 0 saturated heterocycles. The Morgan fingerprint density at radius 3 is 2.38 bits per heavy atom. The lowest BCUT2D eigenvalue weighted by Gasteiger charge is -2.04. The van der Waals surface area contributed by atoms with Crippen molar-refractivity contribution in [2.45, 2.75) is 26.2 Å². The van der Waals surface area contributed by atoms with Crippen LogP contribution < -0.4 is 5.32 Å². The van der Waals surface area contributed by atoms with Gasteiger partial charge in [0.05, 0.1) is 0 Å². The van der Waals surface area contributed by atoms with Crippen molar-refractivity contribution in [1.82, 2.24) is 0 Å². The Kier molecular flexibility index (Phi) is 4.51. The van der Waals surface area contributed by atoms with Gasteiger partial charge in [-0.1, -0.05) is 19.1 Å². The highest BCUT2D eigenvalue weighted by Gasteiger charge is 2.01. The first kappa shape index (κ1) is 12.2. The second-order valence-electron chi connectivity index (χ2n) is 3.49. The Morgan fingerprint density at radius 1 is 1.25 bits per heavy atom. The van der Waals surface area contributed by atoms with Gasteiger partial charge >= 0.3 is 5.97 Å². The average Bonchev–Trinajstić information content (AvgIpc) is 2.28. The molecule has 86 valence electrons. The lowest BCUT2D eigenvalue weighted by atomic mass is 10.1. The molecule has 0 atom stereocenters. The molecule has 0 unspecified atom stereocenters. The number of benzene rings is 1. The standard InChI is InChI=1S/C12H15NO3/c1-2-11(14)13-10-6-3-9(4-7-10)5-8-12(15)16/h3-4,6-7H,2,5,8H2,1H3,(H,13,14)(H,15,16). The predicted octanol–water partition coefficient (Wildman–Crippen LogP) is 2.05. The van der Waals surface area contributed by atoms with Crippen molar-refractivity contribution in [1.29, 1.82) is 0 Å². The van der Waals surface area contributed by atoms with Gasteiger partial charge in [0.1, 0.15) is 0 Å². The van der Waals surface area contributed by atoms with Gasteiger partial charge < -0.3 is 10.4 Å². The number of amides is 1. The number of carboxylic acids is 1. The second kappa shape index (κ2) is 5.90.